The lowest BCUT2D eigenvalue weighted by molar-refractivity contribution is -0.190. The van der Waals surface area contributed by atoms with Gasteiger partial charge in [0, 0.05) is 42.9 Å². The van der Waals surface area contributed by atoms with Gasteiger partial charge in [0.1, 0.15) is 11.3 Å². The fraction of sp³-hybridized carbons (Fsp3) is 0.400. The van der Waals surface area contributed by atoms with E-state index in [-0.39, 0.29) is 54.8 Å². The van der Waals surface area contributed by atoms with Crippen molar-refractivity contribution in [3.8, 4) is 17.6 Å². The van der Waals surface area contributed by atoms with E-state index in [2.05, 4.69) is 78.6 Å². The average molecular weight is 861 g/mol. The second-order valence-corrected chi connectivity index (χ2v) is 18.5. The molecule has 4 aliphatic rings. The van der Waals surface area contributed by atoms with Crippen LogP contribution in [-0.2, 0) is 56.1 Å². The first-order valence-corrected chi connectivity index (χ1v) is 22.7. The van der Waals surface area contributed by atoms with Crippen LogP contribution in [0.5, 0.6) is 5.75 Å². The van der Waals surface area contributed by atoms with Gasteiger partial charge in [0.15, 0.2) is 17.8 Å². The zero-order valence-electron chi connectivity index (χ0n) is 37.2. The molecule has 1 aromatic heterocycles. The number of allylic oxidation sites excluding steroid dienone is 1. The summed E-state index contributed by atoms with van der Waals surface area (Å²) in [5, 5.41) is 11.2. The molecule has 9 rings (SSSR count). The van der Waals surface area contributed by atoms with Crippen LogP contribution in [0.25, 0.3) is 11.0 Å². The molecule has 0 amide bonds. The fourth-order valence-corrected chi connectivity index (χ4v) is 10.7. The Morgan fingerprint density at radius 1 is 0.891 bits per heavy atom. The second kappa shape index (κ2) is 18.3. The highest BCUT2D eigenvalue weighted by Gasteiger charge is 2.53. The molecule has 3 aliphatic heterocycles. The number of hydrogen-bond acceptors (Lipinski definition) is 9. The SMILES string of the molecule is COCCc1c(CO)c2ccc3c(c2oc1=O)C1OC(=O)CC2CC(c4cccc(Cc5ccccc5)c4)CCC2c2ccc4cc2CC#CCC(C)(O3)C1OC(=O)C(=C(C)C)CC4. The Labute approximate surface area is 374 Å². The lowest BCUT2D eigenvalue weighted by atomic mass is 9.67. The summed E-state index contributed by atoms with van der Waals surface area (Å²) in [5.74, 6) is 6.39. The van der Waals surface area contributed by atoms with Crippen molar-refractivity contribution in [2.45, 2.75) is 121 Å². The monoisotopic (exact) mass is 860 g/mol. The third kappa shape index (κ3) is 8.54. The summed E-state index contributed by atoms with van der Waals surface area (Å²) in [6, 6.07) is 29.5. The molecule has 330 valence electrons. The highest BCUT2D eigenvalue weighted by Crippen LogP contribution is 2.51. The Morgan fingerprint density at radius 2 is 1.72 bits per heavy atom. The number of rotatable bonds is 7. The Balaban J connectivity index is 1.19. The van der Waals surface area contributed by atoms with Crippen LogP contribution in [0.1, 0.15) is 127 Å². The summed E-state index contributed by atoms with van der Waals surface area (Å²) in [7, 11) is 1.54. The van der Waals surface area contributed by atoms with Gasteiger partial charge in [-0.25, -0.2) is 9.59 Å². The van der Waals surface area contributed by atoms with Crippen molar-refractivity contribution in [3.63, 3.8) is 0 Å². The van der Waals surface area contributed by atoms with Crippen LogP contribution in [0.2, 0.25) is 0 Å². The van der Waals surface area contributed by atoms with E-state index in [1.807, 2.05) is 26.8 Å². The number of aliphatic hydroxyl groups is 1. The van der Waals surface area contributed by atoms with E-state index >= 15 is 0 Å². The van der Waals surface area contributed by atoms with Crippen LogP contribution in [0.3, 0.4) is 0 Å². The highest BCUT2D eigenvalue weighted by molar-refractivity contribution is 5.90. The summed E-state index contributed by atoms with van der Waals surface area (Å²) >= 11 is 0. The first-order valence-electron chi connectivity index (χ1n) is 22.7. The molecule has 0 spiro atoms. The van der Waals surface area contributed by atoms with E-state index in [4.69, 9.17) is 23.4 Å². The predicted octanol–water partition coefficient (Wildman–Crippen LogP) is 9.70. The van der Waals surface area contributed by atoms with Crippen LogP contribution in [0.15, 0.2) is 105 Å². The second-order valence-electron chi connectivity index (χ2n) is 18.5. The molecule has 6 atom stereocenters. The summed E-state index contributed by atoms with van der Waals surface area (Å²) in [5.41, 5.74) is 7.72. The van der Waals surface area contributed by atoms with Crippen molar-refractivity contribution < 1.29 is 38.1 Å². The van der Waals surface area contributed by atoms with Gasteiger partial charge >= 0.3 is 17.6 Å². The molecule has 9 nitrogen and oxygen atoms in total. The minimum absolute atomic E-state index is 0.0729. The van der Waals surface area contributed by atoms with Gasteiger partial charge in [0.2, 0.25) is 0 Å². The van der Waals surface area contributed by atoms with Gasteiger partial charge in [-0.2, -0.15) is 0 Å². The van der Waals surface area contributed by atoms with Gasteiger partial charge in [-0.05, 0) is 128 Å². The molecule has 5 aromatic rings. The number of benzene rings is 4. The molecule has 4 aromatic carbocycles. The van der Waals surface area contributed by atoms with Crippen LogP contribution in [0.4, 0.5) is 0 Å². The number of aryl methyl sites for hydroxylation is 1. The van der Waals surface area contributed by atoms with E-state index in [1.54, 1.807) is 19.2 Å². The van der Waals surface area contributed by atoms with Crippen molar-refractivity contribution in [3.05, 3.63) is 157 Å². The number of fused-ring (bicyclic) bond motifs is 9. The molecule has 9 heteroatoms. The van der Waals surface area contributed by atoms with Gasteiger partial charge in [0.25, 0.3) is 0 Å². The molecule has 4 heterocycles. The summed E-state index contributed by atoms with van der Waals surface area (Å²) < 4.78 is 31.6. The molecular formula is C55H56O9. The van der Waals surface area contributed by atoms with Gasteiger partial charge in [-0.1, -0.05) is 90.2 Å². The van der Waals surface area contributed by atoms with Crippen molar-refractivity contribution in [1.29, 1.82) is 0 Å². The van der Waals surface area contributed by atoms with Gasteiger partial charge in [-0.15, -0.1) is 0 Å². The third-order valence-corrected chi connectivity index (χ3v) is 14.0. The number of esters is 2. The van der Waals surface area contributed by atoms with Gasteiger partial charge in [0.05, 0.1) is 25.2 Å². The largest absolute Gasteiger partial charge is 0.482 e. The first-order chi connectivity index (χ1) is 31.0. The van der Waals surface area contributed by atoms with E-state index in [0.717, 1.165) is 42.4 Å². The number of aliphatic hydroxyl groups excluding tert-OH is 1. The van der Waals surface area contributed by atoms with Crippen LogP contribution < -0.4 is 10.4 Å². The molecule has 5 bridgehead atoms. The van der Waals surface area contributed by atoms with Crippen LogP contribution >= 0.6 is 0 Å². The standard InChI is InChI=1S/C55H56O9/c1-33(2)41-19-16-35-17-20-42-39(28-35)14-8-9-25-55(3)52(63-53(41)58)51(49-47(64-55)23-22-44-46(32-56)45(24-26-60-4)54(59)62-50(44)49)61-48(57)31-40-30-38(18-21-43(40)42)37-15-10-13-36(29-37)27-34-11-6-5-7-12-34/h5-7,10-13,15,17,20,22-23,28-29,38,40,43,51-52,56H,14,16,18-19,21,24-27,30-32H2,1-4H3. The number of ether oxygens (including phenoxy) is 4. The lowest BCUT2D eigenvalue weighted by Gasteiger charge is -2.45. The molecular weight excluding hydrogens is 805 g/mol. The van der Waals surface area contributed by atoms with Gasteiger partial charge < -0.3 is 28.5 Å². The molecule has 1 saturated carbocycles. The number of methoxy groups -OCH3 is 1. The number of hydrogen-bond donors (Lipinski definition) is 1. The lowest BCUT2D eigenvalue weighted by Crippen LogP contribution is -2.54. The van der Waals surface area contributed by atoms with E-state index < -0.39 is 42.0 Å². The molecule has 6 unspecified atom stereocenters. The summed E-state index contributed by atoms with van der Waals surface area (Å²) in [4.78, 5) is 43.3. The molecule has 0 saturated heterocycles. The first kappa shape index (κ1) is 43.3. The molecule has 64 heavy (non-hydrogen) atoms. The van der Waals surface area contributed by atoms with Gasteiger partial charge in [-0.3, -0.25) is 4.79 Å². The maximum absolute atomic E-state index is 15.0. The fourth-order valence-electron chi connectivity index (χ4n) is 10.7. The Hall–Kier alpha value is -5.95. The maximum Gasteiger partial charge on any atom is 0.339 e. The molecule has 1 aliphatic carbocycles. The minimum Gasteiger partial charge on any atom is -0.482 e. The molecule has 0 radical (unpaired) electrons. The quantitative estimate of drug-likeness (QED) is 0.0738. The van der Waals surface area contributed by atoms with Crippen molar-refractivity contribution in [2.24, 2.45) is 5.92 Å². The predicted molar refractivity (Wildman–Crippen MR) is 244 cm³/mol. The Kier molecular flexibility index (Phi) is 12.4. The zero-order chi connectivity index (χ0) is 44.5. The number of carbonyl (C=O) groups excluding carboxylic acids is 2. The van der Waals surface area contributed by atoms with E-state index in [1.165, 1.54) is 22.3 Å². The van der Waals surface area contributed by atoms with Crippen LogP contribution in [0, 0.1) is 17.8 Å². The highest BCUT2D eigenvalue weighted by atomic mass is 16.6. The summed E-state index contributed by atoms with van der Waals surface area (Å²) in [6.07, 6.45) is 3.09. The third-order valence-electron chi connectivity index (χ3n) is 14.0. The van der Waals surface area contributed by atoms with Crippen LogP contribution in [-0.4, -0.2) is 42.5 Å². The smallest absolute Gasteiger partial charge is 0.339 e. The van der Waals surface area contributed by atoms with Crippen molar-refractivity contribution in [2.75, 3.05) is 13.7 Å². The zero-order valence-corrected chi connectivity index (χ0v) is 37.2. The van der Waals surface area contributed by atoms with E-state index in [0.29, 0.717) is 47.1 Å². The van der Waals surface area contributed by atoms with Crippen molar-refractivity contribution in [1.82, 2.24) is 0 Å². The minimum atomic E-state index is -1.29. The topological polar surface area (TPSA) is 122 Å². The molecule has 1 fully saturated rings. The number of carbonyl (C=O) groups is 2. The molecule has 1 N–H and O–H groups in total. The van der Waals surface area contributed by atoms with E-state index in [9.17, 15) is 19.5 Å². The summed E-state index contributed by atoms with van der Waals surface area (Å²) in [6.45, 7) is 5.43. The van der Waals surface area contributed by atoms with Crippen molar-refractivity contribution >= 4 is 22.9 Å². The Bertz CT molecular complexity index is 2750. The Morgan fingerprint density at radius 3 is 2.52 bits per heavy atom. The normalized spacial score (nSPS) is 24.2. The average Bonchev–Trinajstić information content (AvgIpc) is 3.28. The maximum atomic E-state index is 15.0.